The Morgan fingerprint density at radius 2 is 0.812 bits per heavy atom. The normalized spacial score (nSPS) is 12.6. The van der Waals surface area contributed by atoms with Gasteiger partial charge < -0.3 is 0 Å². The van der Waals surface area contributed by atoms with Crippen molar-refractivity contribution in [2.45, 2.75) is 0 Å². The van der Waals surface area contributed by atoms with Gasteiger partial charge in [-0.05, 0) is 56.9 Å². The highest BCUT2D eigenvalue weighted by molar-refractivity contribution is 6.21. The predicted molar refractivity (Wildman–Crippen MR) is 153 cm³/mol. The number of nitriles is 1. The van der Waals surface area contributed by atoms with Crippen LogP contribution in [0.5, 0.6) is 0 Å². The van der Waals surface area contributed by atoms with Gasteiger partial charge in [-0.3, -0.25) is 0 Å². The number of benzene rings is 5. The second-order valence-corrected chi connectivity index (χ2v) is 10.5. The van der Waals surface area contributed by atoms with Crippen LogP contribution in [0.1, 0.15) is 0 Å². The van der Waals surface area contributed by atoms with Gasteiger partial charge in [-0.15, -0.1) is 4.95 Å². The Morgan fingerprint density at radius 3 is 1.21 bits per heavy atom. The third-order valence-electron chi connectivity index (χ3n) is 8.11. The predicted octanol–water partition coefficient (Wildman–Crippen LogP) is 9.02. The summed E-state index contributed by atoms with van der Waals surface area (Å²) >= 11 is 0. The second kappa shape index (κ2) is 10.6. The Morgan fingerprint density at radius 1 is 0.458 bits per heavy atom. The van der Waals surface area contributed by atoms with Crippen molar-refractivity contribution < 1.29 is 43.9 Å². The standard InChI is InChI=1S/C34H8F10N4/c1-46-48-34-18-7-12(22-25(37)29(41)32(44)30(42)26(22)38)3-5-14(18)16-8-19-15(9-20(16)34)13-4-2-11(6-17(13)33(19)47-10-45)21-23(35)27(39)31(43)28(40)24(21)36/h2-9H. The zero-order chi connectivity index (χ0) is 34.3. The van der Waals surface area contributed by atoms with Crippen molar-refractivity contribution in [3.63, 3.8) is 0 Å². The van der Waals surface area contributed by atoms with Crippen LogP contribution in [0.2, 0.25) is 0 Å². The van der Waals surface area contributed by atoms with Crippen LogP contribution in [0.4, 0.5) is 43.9 Å². The number of nitrogens with zero attached hydrogens (tertiary/aromatic N) is 4. The lowest BCUT2D eigenvalue weighted by molar-refractivity contribution is 0.381. The molecule has 0 heterocycles. The molecule has 14 heteroatoms. The number of rotatable bonds is 2. The first kappa shape index (κ1) is 30.4. The van der Waals surface area contributed by atoms with Crippen molar-refractivity contribution in [2.75, 3.05) is 0 Å². The summed E-state index contributed by atoms with van der Waals surface area (Å²) in [5.74, 6) is -21.5. The molecule has 0 saturated heterocycles. The van der Waals surface area contributed by atoms with E-state index in [0.717, 1.165) is 24.3 Å². The summed E-state index contributed by atoms with van der Waals surface area (Å²) in [5.41, 5.74) is -3.21. The largest absolute Gasteiger partial charge is 0.206 e. The Balaban J connectivity index is 1.55. The topological polar surface area (TPSA) is 52.9 Å². The maximum absolute atomic E-state index is 14.7. The maximum Gasteiger partial charge on any atom is 0.206 e. The van der Waals surface area contributed by atoms with Gasteiger partial charge in [0.2, 0.25) is 17.8 Å². The van der Waals surface area contributed by atoms with Crippen molar-refractivity contribution in [3.8, 4) is 28.4 Å². The lowest BCUT2D eigenvalue weighted by Gasteiger charge is -2.08. The molecular weight excluding hydrogens is 654 g/mol. The molecule has 0 aliphatic heterocycles. The first-order valence-electron chi connectivity index (χ1n) is 13.3. The molecule has 7 aromatic rings. The molecule has 7 rings (SSSR count). The fraction of sp³-hybridized carbons (Fsp3) is 0. The van der Waals surface area contributed by atoms with Gasteiger partial charge in [0.1, 0.15) is 0 Å². The van der Waals surface area contributed by atoms with E-state index < -0.39 is 80.4 Å². The van der Waals surface area contributed by atoms with E-state index in [1.54, 1.807) is 6.19 Å². The molecule has 0 saturated carbocycles. The highest BCUT2D eigenvalue weighted by Crippen LogP contribution is 2.38. The van der Waals surface area contributed by atoms with E-state index in [2.05, 4.69) is 15.0 Å². The molecule has 7 aromatic carbocycles. The van der Waals surface area contributed by atoms with Crippen LogP contribution in [-0.4, -0.2) is 0 Å². The van der Waals surface area contributed by atoms with Gasteiger partial charge in [0, 0.05) is 21.5 Å². The zero-order valence-corrected chi connectivity index (χ0v) is 23.2. The third kappa shape index (κ3) is 4.02. The molecule has 0 radical (unpaired) electrons. The molecule has 0 N–H and O–H groups in total. The molecular formula is C34H8F10N4. The van der Waals surface area contributed by atoms with Crippen LogP contribution < -0.4 is 10.7 Å². The molecule has 0 bridgehead atoms. The van der Waals surface area contributed by atoms with Crippen LogP contribution in [0.15, 0.2) is 58.6 Å². The van der Waals surface area contributed by atoms with E-state index in [1.807, 2.05) is 0 Å². The summed E-state index contributed by atoms with van der Waals surface area (Å²) in [4.78, 5) is 6.88. The van der Waals surface area contributed by atoms with Crippen LogP contribution in [0, 0.1) is 76.2 Å². The summed E-state index contributed by atoms with van der Waals surface area (Å²) in [6.07, 6.45) is 1.61. The molecule has 4 nitrogen and oxygen atoms in total. The van der Waals surface area contributed by atoms with E-state index in [-0.39, 0.29) is 32.3 Å². The minimum Gasteiger partial charge on any atom is -0.203 e. The summed E-state index contributed by atoms with van der Waals surface area (Å²) in [6.45, 7) is 7.34. The minimum atomic E-state index is -2.33. The Kier molecular flexibility index (Phi) is 6.73. The van der Waals surface area contributed by atoms with Crippen molar-refractivity contribution in [2.24, 2.45) is 10.1 Å². The molecule has 234 valence electrons. The lowest BCUT2D eigenvalue weighted by atomic mass is 10.0. The summed E-state index contributed by atoms with van der Waals surface area (Å²) in [5, 5.41) is 15.3. The van der Waals surface area contributed by atoms with Crippen molar-refractivity contribution in [1.82, 2.24) is 0 Å². The van der Waals surface area contributed by atoms with Crippen LogP contribution in [-0.2, 0) is 0 Å². The van der Waals surface area contributed by atoms with E-state index in [4.69, 9.17) is 6.57 Å². The number of hydrogen-bond acceptors (Lipinski definition) is 3. The number of halogens is 10. The van der Waals surface area contributed by atoms with Crippen molar-refractivity contribution in [1.29, 1.82) is 5.26 Å². The monoisotopic (exact) mass is 662 g/mol. The molecule has 0 spiro atoms. The fourth-order valence-corrected chi connectivity index (χ4v) is 6.03. The van der Waals surface area contributed by atoms with Gasteiger partial charge in [-0.1, -0.05) is 24.3 Å². The van der Waals surface area contributed by atoms with Crippen molar-refractivity contribution >= 4 is 43.1 Å². The van der Waals surface area contributed by atoms with Gasteiger partial charge in [0.15, 0.2) is 51.9 Å². The van der Waals surface area contributed by atoms with E-state index in [9.17, 15) is 49.2 Å². The van der Waals surface area contributed by atoms with Crippen LogP contribution in [0.3, 0.4) is 0 Å². The van der Waals surface area contributed by atoms with Crippen LogP contribution in [0.25, 0.3) is 70.3 Å². The molecule has 0 atom stereocenters. The Hall–Kier alpha value is -6.28. The quantitative estimate of drug-likeness (QED) is 0.0456. The van der Waals surface area contributed by atoms with Gasteiger partial charge in [0.25, 0.3) is 0 Å². The highest BCUT2D eigenvalue weighted by atomic mass is 19.2. The van der Waals surface area contributed by atoms with Gasteiger partial charge in [-0.25, -0.2) is 43.9 Å². The molecule has 0 fully saturated rings. The Labute approximate surface area is 259 Å². The summed E-state index contributed by atoms with van der Waals surface area (Å²) in [6, 6.07) is 10.1. The zero-order valence-electron chi connectivity index (χ0n) is 23.2. The van der Waals surface area contributed by atoms with Crippen LogP contribution >= 0.6 is 0 Å². The lowest BCUT2D eigenvalue weighted by Crippen LogP contribution is -2.04. The van der Waals surface area contributed by atoms with E-state index >= 15 is 0 Å². The Bertz CT molecular complexity index is 2570. The average molecular weight is 662 g/mol. The third-order valence-corrected chi connectivity index (χ3v) is 8.11. The summed E-state index contributed by atoms with van der Waals surface area (Å²) in [7, 11) is 0. The smallest absolute Gasteiger partial charge is 0.203 e. The van der Waals surface area contributed by atoms with Gasteiger partial charge in [0.05, 0.1) is 21.6 Å². The average Bonchev–Trinajstić information content (AvgIpc) is 3.55. The molecule has 0 aliphatic carbocycles. The fourth-order valence-electron chi connectivity index (χ4n) is 6.03. The molecule has 0 aliphatic rings. The van der Waals surface area contributed by atoms with Gasteiger partial charge >= 0.3 is 0 Å². The van der Waals surface area contributed by atoms with E-state index in [0.29, 0.717) is 21.5 Å². The van der Waals surface area contributed by atoms with E-state index in [1.165, 1.54) is 24.3 Å². The van der Waals surface area contributed by atoms with Crippen molar-refractivity contribution in [3.05, 3.63) is 129 Å². The minimum absolute atomic E-state index is 0.0335. The SMILES string of the molecule is [C-]#[N+]N=c1c2cc(-c3c(F)c(F)c(F)c(F)c3F)ccc2c2cc3c(=NC#N)c4cc(-c5c(F)c(F)c(F)c(F)c5F)ccc4c3cc12. The van der Waals surface area contributed by atoms with Gasteiger partial charge in [-0.2, -0.15) is 16.8 Å². The second-order valence-electron chi connectivity index (χ2n) is 10.5. The number of hydrogen-bond donors (Lipinski definition) is 0. The molecule has 0 aromatic heterocycles. The highest BCUT2D eigenvalue weighted by Gasteiger charge is 2.29. The molecule has 48 heavy (non-hydrogen) atoms. The maximum atomic E-state index is 14.7. The summed E-state index contributed by atoms with van der Waals surface area (Å²) < 4.78 is 142. The first-order valence-corrected chi connectivity index (χ1v) is 13.3. The number of fused-ring (bicyclic) bond motifs is 6. The molecule has 0 amide bonds. The molecule has 0 unspecified atom stereocenters. The first-order chi connectivity index (χ1) is 22.9.